The first-order valence-electron chi connectivity index (χ1n) is 5.20. The van der Waals surface area contributed by atoms with Gasteiger partial charge in [-0.3, -0.25) is 0 Å². The van der Waals surface area contributed by atoms with Crippen LogP contribution in [0.25, 0.3) is 0 Å². The van der Waals surface area contributed by atoms with Crippen LogP contribution in [0.15, 0.2) is 23.8 Å². The van der Waals surface area contributed by atoms with Crippen molar-refractivity contribution in [1.29, 1.82) is 0 Å². The minimum Gasteiger partial charge on any atom is -0.119 e. The van der Waals surface area contributed by atoms with E-state index in [1.807, 2.05) is 0 Å². The average molecular weight is 174 g/mol. The van der Waals surface area contributed by atoms with E-state index in [1.54, 1.807) is 0 Å². The fraction of sp³-hybridized carbons (Fsp3) is 0.538. The Morgan fingerprint density at radius 3 is 2.92 bits per heavy atom. The van der Waals surface area contributed by atoms with Crippen molar-refractivity contribution < 1.29 is 0 Å². The van der Waals surface area contributed by atoms with Gasteiger partial charge in [-0.2, -0.15) is 0 Å². The smallest absolute Gasteiger partial charge is 0.0417 e. The van der Waals surface area contributed by atoms with Crippen molar-refractivity contribution in [3.8, 4) is 12.3 Å². The Balaban J connectivity index is 2.27. The molecule has 1 atom stereocenters. The Hall–Kier alpha value is -0.960. The lowest BCUT2D eigenvalue weighted by Crippen LogP contribution is -1.96. The van der Waals surface area contributed by atoms with Gasteiger partial charge in [-0.05, 0) is 19.3 Å². The zero-order valence-electron chi connectivity index (χ0n) is 8.42. The highest BCUT2D eigenvalue weighted by Crippen LogP contribution is 2.19. The molecule has 0 bridgehead atoms. The van der Waals surface area contributed by atoms with E-state index < -0.39 is 0 Å². The standard InChI is InChI=1S/C13H18/c1-3-5-6-7-13-10-8-12(4-2)9-11-13/h2,8,10-12H,3,5-7,9H2,1H3. The van der Waals surface area contributed by atoms with Crippen LogP contribution >= 0.6 is 0 Å². The van der Waals surface area contributed by atoms with Crippen molar-refractivity contribution in [3.63, 3.8) is 0 Å². The maximum absolute atomic E-state index is 5.34. The zero-order chi connectivity index (χ0) is 9.52. The van der Waals surface area contributed by atoms with Crippen LogP contribution < -0.4 is 0 Å². The minimum absolute atomic E-state index is 0.343. The van der Waals surface area contributed by atoms with Crippen LogP contribution in [0.2, 0.25) is 0 Å². The SMILES string of the molecule is C#CC1C=CC(CCCCC)=CC1. The maximum Gasteiger partial charge on any atom is 0.0417 e. The molecule has 0 aliphatic heterocycles. The normalized spacial score (nSPS) is 20.9. The van der Waals surface area contributed by atoms with E-state index >= 15 is 0 Å². The average Bonchev–Trinajstić information content (AvgIpc) is 2.19. The Morgan fingerprint density at radius 2 is 2.38 bits per heavy atom. The Bertz CT molecular complexity index is 237. The lowest BCUT2D eigenvalue weighted by molar-refractivity contribution is 0.710. The number of allylic oxidation sites excluding steroid dienone is 4. The highest BCUT2D eigenvalue weighted by Gasteiger charge is 2.04. The molecule has 0 radical (unpaired) electrons. The minimum atomic E-state index is 0.343. The van der Waals surface area contributed by atoms with E-state index in [-0.39, 0.29) is 0 Å². The Morgan fingerprint density at radius 1 is 1.54 bits per heavy atom. The molecule has 1 rings (SSSR count). The van der Waals surface area contributed by atoms with Crippen molar-refractivity contribution in [2.45, 2.75) is 39.0 Å². The molecule has 0 heterocycles. The van der Waals surface area contributed by atoms with Gasteiger partial charge >= 0.3 is 0 Å². The van der Waals surface area contributed by atoms with Gasteiger partial charge in [0.2, 0.25) is 0 Å². The van der Waals surface area contributed by atoms with Crippen LogP contribution in [0.5, 0.6) is 0 Å². The summed E-state index contributed by atoms with van der Waals surface area (Å²) in [6, 6.07) is 0. The van der Waals surface area contributed by atoms with Crippen molar-refractivity contribution in [3.05, 3.63) is 23.8 Å². The Kier molecular flexibility index (Phi) is 4.40. The molecular formula is C13H18. The van der Waals surface area contributed by atoms with Crippen molar-refractivity contribution in [2.24, 2.45) is 5.92 Å². The van der Waals surface area contributed by atoms with Crippen LogP contribution in [0, 0.1) is 18.3 Å². The molecule has 0 nitrogen and oxygen atoms in total. The van der Waals surface area contributed by atoms with Gasteiger partial charge in [-0.15, -0.1) is 6.42 Å². The van der Waals surface area contributed by atoms with Crippen molar-refractivity contribution in [1.82, 2.24) is 0 Å². The molecular weight excluding hydrogens is 156 g/mol. The molecule has 0 saturated heterocycles. The van der Waals surface area contributed by atoms with Gasteiger partial charge in [0.1, 0.15) is 0 Å². The van der Waals surface area contributed by atoms with E-state index in [2.05, 4.69) is 31.1 Å². The van der Waals surface area contributed by atoms with Crippen LogP contribution in [0.3, 0.4) is 0 Å². The summed E-state index contributed by atoms with van der Waals surface area (Å²) in [5.41, 5.74) is 1.47. The molecule has 0 aromatic carbocycles. The molecule has 0 amide bonds. The van der Waals surface area contributed by atoms with E-state index in [9.17, 15) is 0 Å². The largest absolute Gasteiger partial charge is 0.119 e. The summed E-state index contributed by atoms with van der Waals surface area (Å²) in [6.45, 7) is 2.24. The number of hydrogen-bond donors (Lipinski definition) is 0. The summed E-state index contributed by atoms with van der Waals surface area (Å²) in [7, 11) is 0. The molecule has 0 saturated carbocycles. The summed E-state index contributed by atoms with van der Waals surface area (Å²) < 4.78 is 0. The van der Waals surface area contributed by atoms with Gasteiger partial charge in [0, 0.05) is 5.92 Å². The summed E-state index contributed by atoms with van der Waals surface area (Å²) >= 11 is 0. The first kappa shape index (κ1) is 10.1. The quantitative estimate of drug-likeness (QED) is 0.450. The number of rotatable bonds is 4. The number of terminal acetylenes is 1. The predicted octanol–water partition coefficient (Wildman–Crippen LogP) is 3.70. The number of hydrogen-bond acceptors (Lipinski definition) is 0. The van der Waals surface area contributed by atoms with E-state index in [0.717, 1.165) is 6.42 Å². The van der Waals surface area contributed by atoms with E-state index in [1.165, 1.54) is 31.3 Å². The molecule has 0 spiro atoms. The fourth-order valence-corrected chi connectivity index (χ4v) is 1.55. The predicted molar refractivity (Wildman–Crippen MR) is 58.3 cm³/mol. The molecule has 0 aromatic heterocycles. The van der Waals surface area contributed by atoms with Crippen LogP contribution in [-0.2, 0) is 0 Å². The Labute approximate surface area is 81.7 Å². The molecule has 0 aromatic rings. The zero-order valence-corrected chi connectivity index (χ0v) is 8.42. The summed E-state index contributed by atoms with van der Waals surface area (Å²) in [4.78, 5) is 0. The number of unbranched alkanes of at least 4 members (excludes halogenated alkanes) is 2. The summed E-state index contributed by atoms with van der Waals surface area (Å²) in [5.74, 6) is 3.10. The second kappa shape index (κ2) is 5.65. The van der Waals surface area contributed by atoms with Gasteiger partial charge in [-0.1, -0.05) is 49.5 Å². The fourth-order valence-electron chi connectivity index (χ4n) is 1.55. The second-order valence-electron chi connectivity index (χ2n) is 3.60. The summed E-state index contributed by atoms with van der Waals surface area (Å²) in [6.07, 6.45) is 18.2. The van der Waals surface area contributed by atoms with E-state index in [0.29, 0.717) is 5.92 Å². The van der Waals surface area contributed by atoms with Crippen molar-refractivity contribution >= 4 is 0 Å². The van der Waals surface area contributed by atoms with Crippen LogP contribution in [0.1, 0.15) is 39.0 Å². The third-order valence-corrected chi connectivity index (χ3v) is 2.46. The van der Waals surface area contributed by atoms with Crippen molar-refractivity contribution in [2.75, 3.05) is 0 Å². The molecule has 1 unspecified atom stereocenters. The molecule has 13 heavy (non-hydrogen) atoms. The van der Waals surface area contributed by atoms with Gasteiger partial charge in [0.15, 0.2) is 0 Å². The monoisotopic (exact) mass is 174 g/mol. The molecule has 1 aliphatic rings. The second-order valence-corrected chi connectivity index (χ2v) is 3.60. The maximum atomic E-state index is 5.34. The van der Waals surface area contributed by atoms with Crippen LogP contribution in [0.4, 0.5) is 0 Å². The highest BCUT2D eigenvalue weighted by molar-refractivity contribution is 5.26. The first-order chi connectivity index (χ1) is 6.36. The van der Waals surface area contributed by atoms with Gasteiger partial charge in [-0.25, -0.2) is 0 Å². The van der Waals surface area contributed by atoms with Crippen LogP contribution in [-0.4, -0.2) is 0 Å². The third-order valence-electron chi connectivity index (χ3n) is 2.46. The topological polar surface area (TPSA) is 0 Å². The molecule has 70 valence electrons. The van der Waals surface area contributed by atoms with Gasteiger partial charge in [0.25, 0.3) is 0 Å². The molecule has 0 fully saturated rings. The first-order valence-corrected chi connectivity index (χ1v) is 5.20. The van der Waals surface area contributed by atoms with E-state index in [4.69, 9.17) is 6.42 Å². The third kappa shape index (κ3) is 3.51. The van der Waals surface area contributed by atoms with Gasteiger partial charge in [0.05, 0.1) is 0 Å². The molecule has 0 heteroatoms. The highest BCUT2D eigenvalue weighted by atomic mass is 14.1. The lowest BCUT2D eigenvalue weighted by atomic mass is 9.95. The molecule has 1 aliphatic carbocycles. The molecule has 0 N–H and O–H groups in total. The lowest BCUT2D eigenvalue weighted by Gasteiger charge is -2.10. The van der Waals surface area contributed by atoms with Gasteiger partial charge < -0.3 is 0 Å². The summed E-state index contributed by atoms with van der Waals surface area (Å²) in [5, 5.41) is 0.